The maximum Gasteiger partial charge on any atom is 0.242 e. The van der Waals surface area contributed by atoms with E-state index in [-0.39, 0.29) is 23.9 Å². The molecule has 2 heterocycles. The number of ether oxygens (including phenoxy) is 1. The Morgan fingerprint density at radius 1 is 1.07 bits per heavy atom. The molecule has 1 aromatic rings. The Morgan fingerprint density at radius 2 is 1.77 bits per heavy atom. The van der Waals surface area contributed by atoms with E-state index in [0.29, 0.717) is 19.4 Å². The monoisotopic (exact) mass is 414 g/mol. The van der Waals surface area contributed by atoms with Crippen molar-refractivity contribution in [3.63, 3.8) is 0 Å². The number of carbonyl (C=O) groups is 2. The van der Waals surface area contributed by atoms with Gasteiger partial charge in [-0.25, -0.2) is 0 Å². The molecule has 4 rings (SSSR count). The van der Waals surface area contributed by atoms with Crippen molar-refractivity contribution in [3.05, 3.63) is 24.3 Å². The highest BCUT2D eigenvalue weighted by Gasteiger charge is 2.40. The second-order valence-corrected chi connectivity index (χ2v) is 8.61. The number of hydrogen-bond acceptors (Lipinski definition) is 5. The predicted molar refractivity (Wildman–Crippen MR) is 117 cm³/mol. The highest BCUT2D eigenvalue weighted by Crippen LogP contribution is 2.31. The van der Waals surface area contributed by atoms with Crippen molar-refractivity contribution in [1.29, 1.82) is 0 Å². The molecule has 7 heteroatoms. The number of piperazine rings is 1. The minimum Gasteiger partial charge on any atom is -0.497 e. The molecule has 3 fully saturated rings. The zero-order chi connectivity index (χ0) is 20.9. The molecular formula is C23H34N4O3. The van der Waals surface area contributed by atoms with Crippen LogP contribution < -0.4 is 15.0 Å². The van der Waals surface area contributed by atoms with Gasteiger partial charge in [0.2, 0.25) is 11.8 Å². The van der Waals surface area contributed by atoms with E-state index in [4.69, 9.17) is 4.74 Å². The Morgan fingerprint density at radius 3 is 2.43 bits per heavy atom. The largest absolute Gasteiger partial charge is 0.497 e. The van der Waals surface area contributed by atoms with Crippen LogP contribution in [-0.2, 0) is 9.59 Å². The summed E-state index contributed by atoms with van der Waals surface area (Å²) in [4.78, 5) is 31.7. The first-order valence-corrected chi connectivity index (χ1v) is 11.4. The normalized spacial score (nSPS) is 23.2. The Kier molecular flexibility index (Phi) is 6.77. The first-order chi connectivity index (χ1) is 14.7. The number of amides is 2. The molecule has 0 aromatic heterocycles. The van der Waals surface area contributed by atoms with E-state index in [1.54, 1.807) is 7.11 Å². The van der Waals surface area contributed by atoms with Crippen LogP contribution >= 0.6 is 0 Å². The lowest BCUT2D eigenvalue weighted by Crippen LogP contribution is -2.51. The molecule has 1 aromatic carbocycles. The predicted octanol–water partition coefficient (Wildman–Crippen LogP) is 1.87. The second kappa shape index (κ2) is 9.69. The Labute approximate surface area is 179 Å². The molecule has 1 aliphatic carbocycles. The van der Waals surface area contributed by atoms with Gasteiger partial charge in [-0.3, -0.25) is 14.5 Å². The molecule has 1 saturated carbocycles. The van der Waals surface area contributed by atoms with Crippen molar-refractivity contribution in [3.8, 4) is 5.75 Å². The summed E-state index contributed by atoms with van der Waals surface area (Å²) in [5.41, 5.74) is 1.22. The fourth-order valence-corrected chi connectivity index (χ4v) is 5.08. The van der Waals surface area contributed by atoms with Gasteiger partial charge in [-0.1, -0.05) is 12.8 Å². The van der Waals surface area contributed by atoms with Crippen LogP contribution in [0.3, 0.4) is 0 Å². The van der Waals surface area contributed by atoms with Gasteiger partial charge in [-0.05, 0) is 43.5 Å². The molecular weight excluding hydrogens is 380 g/mol. The Bertz CT molecular complexity index is 724. The summed E-state index contributed by atoms with van der Waals surface area (Å²) in [7, 11) is 1.68. The standard InChI is InChI=1S/C23H34N4O3/c1-30-20-8-6-18(7-9-20)26-16-14-25(15-17-26)13-12-24-23(29)21-10-11-22(28)27(21)19-4-2-3-5-19/h6-9,19,21H,2-5,10-17H2,1H3,(H,24,29). The number of anilines is 1. The third kappa shape index (κ3) is 4.72. The lowest BCUT2D eigenvalue weighted by molar-refractivity contribution is -0.137. The van der Waals surface area contributed by atoms with Crippen LogP contribution in [0.4, 0.5) is 5.69 Å². The summed E-state index contributed by atoms with van der Waals surface area (Å²) in [5, 5.41) is 3.10. The maximum atomic E-state index is 12.7. The molecule has 30 heavy (non-hydrogen) atoms. The lowest BCUT2D eigenvalue weighted by atomic mass is 10.1. The number of rotatable bonds is 7. The summed E-state index contributed by atoms with van der Waals surface area (Å²) in [6, 6.07) is 8.23. The van der Waals surface area contributed by atoms with Crippen LogP contribution in [0.15, 0.2) is 24.3 Å². The fraction of sp³-hybridized carbons (Fsp3) is 0.652. The van der Waals surface area contributed by atoms with Crippen LogP contribution in [0.25, 0.3) is 0 Å². The third-order valence-electron chi connectivity index (χ3n) is 6.81. The number of likely N-dealkylation sites (tertiary alicyclic amines) is 1. The van der Waals surface area contributed by atoms with E-state index < -0.39 is 0 Å². The van der Waals surface area contributed by atoms with E-state index >= 15 is 0 Å². The summed E-state index contributed by atoms with van der Waals surface area (Å²) in [5.74, 6) is 1.07. The van der Waals surface area contributed by atoms with E-state index in [2.05, 4.69) is 27.2 Å². The number of benzene rings is 1. The quantitative estimate of drug-likeness (QED) is 0.738. The zero-order valence-electron chi connectivity index (χ0n) is 18.0. The molecule has 2 amide bonds. The van der Waals surface area contributed by atoms with E-state index in [9.17, 15) is 9.59 Å². The summed E-state index contributed by atoms with van der Waals surface area (Å²) in [6.07, 6.45) is 5.63. The molecule has 2 saturated heterocycles. The average Bonchev–Trinajstić information content (AvgIpc) is 3.43. The van der Waals surface area contributed by atoms with Crippen molar-refractivity contribution in [2.24, 2.45) is 0 Å². The van der Waals surface area contributed by atoms with Crippen molar-refractivity contribution in [1.82, 2.24) is 15.1 Å². The Balaban J connectivity index is 1.19. The average molecular weight is 415 g/mol. The first kappa shape index (κ1) is 21.0. The molecule has 1 atom stereocenters. The second-order valence-electron chi connectivity index (χ2n) is 8.61. The molecule has 0 spiro atoms. The van der Waals surface area contributed by atoms with Crippen molar-refractivity contribution in [2.45, 2.75) is 50.6 Å². The molecule has 0 bridgehead atoms. The number of methoxy groups -OCH3 is 1. The number of nitrogens with zero attached hydrogens (tertiary/aromatic N) is 3. The van der Waals surface area contributed by atoms with Gasteiger partial charge in [0, 0.05) is 57.4 Å². The van der Waals surface area contributed by atoms with Crippen LogP contribution in [0.2, 0.25) is 0 Å². The molecule has 0 radical (unpaired) electrons. The summed E-state index contributed by atoms with van der Waals surface area (Å²) in [6.45, 7) is 5.42. The van der Waals surface area contributed by atoms with Crippen molar-refractivity contribution >= 4 is 17.5 Å². The molecule has 7 nitrogen and oxygen atoms in total. The fourth-order valence-electron chi connectivity index (χ4n) is 5.08. The van der Waals surface area contributed by atoms with Gasteiger partial charge in [-0.15, -0.1) is 0 Å². The van der Waals surface area contributed by atoms with Gasteiger partial charge in [0.05, 0.1) is 7.11 Å². The number of nitrogens with one attached hydrogen (secondary N) is 1. The first-order valence-electron chi connectivity index (χ1n) is 11.4. The van der Waals surface area contributed by atoms with Gasteiger partial charge >= 0.3 is 0 Å². The minimum absolute atomic E-state index is 0.0321. The van der Waals surface area contributed by atoms with Gasteiger partial charge in [0.25, 0.3) is 0 Å². The van der Waals surface area contributed by atoms with Gasteiger partial charge in [-0.2, -0.15) is 0 Å². The SMILES string of the molecule is COc1ccc(N2CCN(CCNC(=O)C3CCC(=O)N3C3CCCC3)CC2)cc1. The van der Waals surface area contributed by atoms with Gasteiger partial charge < -0.3 is 19.9 Å². The molecule has 164 valence electrons. The van der Waals surface area contributed by atoms with Crippen LogP contribution in [0.1, 0.15) is 38.5 Å². The zero-order valence-corrected chi connectivity index (χ0v) is 18.0. The molecule has 1 unspecified atom stereocenters. The molecule has 2 aliphatic heterocycles. The maximum absolute atomic E-state index is 12.7. The van der Waals surface area contributed by atoms with Crippen LogP contribution in [0.5, 0.6) is 5.75 Å². The smallest absolute Gasteiger partial charge is 0.242 e. The van der Waals surface area contributed by atoms with Crippen LogP contribution in [0, 0.1) is 0 Å². The van der Waals surface area contributed by atoms with Crippen molar-refractivity contribution < 1.29 is 14.3 Å². The van der Waals surface area contributed by atoms with E-state index in [1.165, 1.54) is 18.5 Å². The molecule has 3 aliphatic rings. The van der Waals surface area contributed by atoms with Gasteiger partial charge in [0.15, 0.2) is 0 Å². The van der Waals surface area contributed by atoms with Crippen LogP contribution in [-0.4, -0.2) is 80.1 Å². The van der Waals surface area contributed by atoms with Gasteiger partial charge in [0.1, 0.15) is 11.8 Å². The van der Waals surface area contributed by atoms with E-state index in [1.807, 2.05) is 17.0 Å². The van der Waals surface area contributed by atoms with E-state index in [0.717, 1.165) is 51.3 Å². The highest BCUT2D eigenvalue weighted by molar-refractivity contribution is 5.91. The highest BCUT2D eigenvalue weighted by atomic mass is 16.5. The number of carbonyl (C=O) groups excluding carboxylic acids is 2. The Hall–Kier alpha value is -2.28. The van der Waals surface area contributed by atoms with Crippen molar-refractivity contribution in [2.75, 3.05) is 51.3 Å². The number of hydrogen-bond donors (Lipinski definition) is 1. The third-order valence-corrected chi connectivity index (χ3v) is 6.81. The molecule has 1 N–H and O–H groups in total. The topological polar surface area (TPSA) is 65.1 Å². The lowest BCUT2D eigenvalue weighted by Gasteiger charge is -2.36. The minimum atomic E-state index is -0.257. The summed E-state index contributed by atoms with van der Waals surface area (Å²) < 4.78 is 5.23. The summed E-state index contributed by atoms with van der Waals surface area (Å²) >= 11 is 0.